The van der Waals surface area contributed by atoms with Gasteiger partial charge >= 0.3 is 0 Å². The van der Waals surface area contributed by atoms with Gasteiger partial charge in [0.25, 0.3) is 5.69 Å². The Labute approximate surface area is 127 Å². The lowest BCUT2D eigenvalue weighted by Gasteiger charge is -2.06. The van der Waals surface area contributed by atoms with Crippen molar-refractivity contribution in [2.75, 3.05) is 0 Å². The Bertz CT molecular complexity index is 705. The van der Waals surface area contributed by atoms with Crippen LogP contribution in [0.3, 0.4) is 0 Å². The molecule has 0 unspecified atom stereocenters. The lowest BCUT2D eigenvalue weighted by molar-refractivity contribution is -0.384. The summed E-state index contributed by atoms with van der Waals surface area (Å²) < 4.78 is 26.4. The molecule has 112 valence electrons. The third-order valence-corrected chi connectivity index (χ3v) is 3.99. The third-order valence-electron chi connectivity index (χ3n) is 2.57. The van der Waals surface area contributed by atoms with Crippen molar-refractivity contribution in [3.8, 4) is 0 Å². The zero-order chi connectivity index (χ0) is 14.6. The van der Waals surface area contributed by atoms with Crippen molar-refractivity contribution in [2.24, 2.45) is 0 Å². The maximum atomic E-state index is 12.0. The molecule has 0 aliphatic carbocycles. The van der Waals surface area contributed by atoms with Gasteiger partial charge in [-0.05, 0) is 29.8 Å². The molecule has 21 heavy (non-hydrogen) atoms. The maximum Gasteiger partial charge on any atom is 0.269 e. The molecule has 2 rings (SSSR count). The topological polar surface area (TPSA) is 102 Å². The Balaban J connectivity index is 0.00000220. The van der Waals surface area contributed by atoms with Crippen molar-refractivity contribution < 1.29 is 13.3 Å². The summed E-state index contributed by atoms with van der Waals surface area (Å²) in [6, 6.07) is 8.10. The second kappa shape index (κ2) is 7.11. The molecular weight excluding hydrogens is 318 g/mol. The van der Waals surface area contributed by atoms with E-state index < -0.39 is 14.9 Å². The molecule has 0 spiro atoms. The molecule has 1 aromatic heterocycles. The number of non-ortho nitro benzene ring substituents is 1. The van der Waals surface area contributed by atoms with E-state index in [2.05, 4.69) is 9.71 Å². The molecule has 0 amide bonds. The van der Waals surface area contributed by atoms with E-state index in [1.165, 1.54) is 12.1 Å². The lowest BCUT2D eigenvalue weighted by Crippen LogP contribution is -2.23. The first kappa shape index (κ1) is 17.0. The van der Waals surface area contributed by atoms with Crippen LogP contribution in [0.4, 0.5) is 5.69 Å². The molecule has 0 radical (unpaired) electrons. The highest BCUT2D eigenvalue weighted by Gasteiger charge is 2.15. The highest BCUT2D eigenvalue weighted by Crippen LogP contribution is 2.15. The van der Waals surface area contributed by atoms with Crippen LogP contribution in [0, 0.1) is 10.1 Å². The fourth-order valence-electron chi connectivity index (χ4n) is 1.51. The summed E-state index contributed by atoms with van der Waals surface area (Å²) in [7, 11) is -3.69. The molecule has 0 aliphatic heterocycles. The summed E-state index contributed by atoms with van der Waals surface area (Å²) in [5, 5.41) is 10.5. The van der Waals surface area contributed by atoms with Gasteiger partial charge in [0, 0.05) is 31.1 Å². The number of halogens is 1. The maximum absolute atomic E-state index is 12.0. The normalized spacial score (nSPS) is 10.7. The standard InChI is InChI=1S/C12H11N3O4S.ClH/c16-15(17)11-1-3-12(4-2-11)20(18,19)14-9-10-5-7-13-8-6-10;/h1-8,14H,9H2;1H. The van der Waals surface area contributed by atoms with Gasteiger partial charge < -0.3 is 0 Å². The van der Waals surface area contributed by atoms with Crippen molar-refractivity contribution >= 4 is 28.1 Å². The average molecular weight is 330 g/mol. The Morgan fingerprint density at radius 3 is 2.19 bits per heavy atom. The molecule has 0 saturated carbocycles. The predicted octanol–water partition coefficient (Wildman–Crippen LogP) is 1.89. The highest BCUT2D eigenvalue weighted by atomic mass is 35.5. The number of benzene rings is 1. The first-order chi connectivity index (χ1) is 9.49. The SMILES string of the molecule is Cl.O=[N+]([O-])c1ccc(S(=O)(=O)NCc2ccncc2)cc1. The van der Waals surface area contributed by atoms with Gasteiger partial charge in [-0.3, -0.25) is 15.1 Å². The molecule has 0 saturated heterocycles. The van der Waals surface area contributed by atoms with E-state index in [1.54, 1.807) is 24.5 Å². The molecule has 9 heteroatoms. The third kappa shape index (κ3) is 4.48. The van der Waals surface area contributed by atoms with Crippen LogP contribution >= 0.6 is 12.4 Å². The molecule has 0 atom stereocenters. The molecule has 0 aliphatic rings. The number of aromatic nitrogens is 1. The fraction of sp³-hybridized carbons (Fsp3) is 0.0833. The molecular formula is C12H12ClN3O4S. The molecule has 7 nitrogen and oxygen atoms in total. The van der Waals surface area contributed by atoms with Gasteiger partial charge in [-0.25, -0.2) is 13.1 Å². The quantitative estimate of drug-likeness (QED) is 0.666. The van der Waals surface area contributed by atoms with Gasteiger partial charge in [-0.2, -0.15) is 0 Å². The van der Waals surface area contributed by atoms with E-state index in [9.17, 15) is 18.5 Å². The molecule has 1 heterocycles. The first-order valence-corrected chi connectivity index (χ1v) is 7.10. The zero-order valence-corrected chi connectivity index (χ0v) is 12.3. The fourth-order valence-corrected chi connectivity index (χ4v) is 2.53. The van der Waals surface area contributed by atoms with Crippen LogP contribution in [0.25, 0.3) is 0 Å². The van der Waals surface area contributed by atoms with Gasteiger partial charge in [0.15, 0.2) is 0 Å². The van der Waals surface area contributed by atoms with Crippen LogP contribution in [0.5, 0.6) is 0 Å². The number of hydrogen-bond donors (Lipinski definition) is 1. The smallest absolute Gasteiger partial charge is 0.265 e. The minimum Gasteiger partial charge on any atom is -0.265 e. The first-order valence-electron chi connectivity index (χ1n) is 5.62. The van der Waals surface area contributed by atoms with Crippen LogP contribution in [0.2, 0.25) is 0 Å². The minimum atomic E-state index is -3.69. The van der Waals surface area contributed by atoms with E-state index in [4.69, 9.17) is 0 Å². The van der Waals surface area contributed by atoms with Gasteiger partial charge in [0.2, 0.25) is 10.0 Å². The van der Waals surface area contributed by atoms with E-state index in [0.29, 0.717) is 0 Å². The average Bonchev–Trinajstić information content (AvgIpc) is 2.46. The molecule has 0 fully saturated rings. The second-order valence-corrected chi connectivity index (χ2v) is 5.70. The van der Waals surface area contributed by atoms with E-state index in [-0.39, 0.29) is 29.5 Å². The van der Waals surface area contributed by atoms with Gasteiger partial charge in [-0.1, -0.05) is 0 Å². The summed E-state index contributed by atoms with van der Waals surface area (Å²) in [4.78, 5) is 13.7. The molecule has 1 N–H and O–H groups in total. The van der Waals surface area contributed by atoms with Gasteiger partial charge in [0.05, 0.1) is 9.82 Å². The van der Waals surface area contributed by atoms with Crippen molar-refractivity contribution in [1.29, 1.82) is 0 Å². The van der Waals surface area contributed by atoms with Crippen LogP contribution in [0.15, 0.2) is 53.7 Å². The highest BCUT2D eigenvalue weighted by molar-refractivity contribution is 7.89. The van der Waals surface area contributed by atoms with Crippen molar-refractivity contribution in [1.82, 2.24) is 9.71 Å². The van der Waals surface area contributed by atoms with Crippen LogP contribution in [0.1, 0.15) is 5.56 Å². The van der Waals surface area contributed by atoms with E-state index in [0.717, 1.165) is 17.7 Å². The number of nitro groups is 1. The lowest BCUT2D eigenvalue weighted by atomic mass is 10.3. The second-order valence-electron chi connectivity index (χ2n) is 3.93. The Morgan fingerprint density at radius 1 is 1.10 bits per heavy atom. The minimum absolute atomic E-state index is 0. The number of nitrogens with zero attached hydrogens (tertiary/aromatic N) is 2. The number of sulfonamides is 1. The van der Waals surface area contributed by atoms with Crippen LogP contribution in [-0.4, -0.2) is 18.3 Å². The van der Waals surface area contributed by atoms with Crippen molar-refractivity contribution in [3.63, 3.8) is 0 Å². The molecule has 1 aromatic carbocycles. The number of hydrogen-bond acceptors (Lipinski definition) is 5. The number of rotatable bonds is 5. The van der Waals surface area contributed by atoms with E-state index >= 15 is 0 Å². The summed E-state index contributed by atoms with van der Waals surface area (Å²) >= 11 is 0. The summed E-state index contributed by atoms with van der Waals surface area (Å²) in [5.41, 5.74) is 0.614. The summed E-state index contributed by atoms with van der Waals surface area (Å²) in [5.74, 6) is 0. The van der Waals surface area contributed by atoms with Gasteiger partial charge in [-0.15, -0.1) is 12.4 Å². The van der Waals surface area contributed by atoms with Crippen LogP contribution < -0.4 is 4.72 Å². The van der Waals surface area contributed by atoms with Crippen molar-refractivity contribution in [3.05, 3.63) is 64.5 Å². The number of nitrogens with one attached hydrogen (secondary N) is 1. The monoisotopic (exact) mass is 329 g/mol. The zero-order valence-electron chi connectivity index (χ0n) is 10.7. The van der Waals surface area contributed by atoms with Crippen LogP contribution in [-0.2, 0) is 16.6 Å². The molecule has 0 bridgehead atoms. The Kier molecular flexibility index (Phi) is 5.77. The predicted molar refractivity (Wildman–Crippen MR) is 78.6 cm³/mol. The Morgan fingerprint density at radius 2 is 1.67 bits per heavy atom. The van der Waals surface area contributed by atoms with E-state index in [1.807, 2.05) is 0 Å². The number of nitro benzene ring substituents is 1. The summed E-state index contributed by atoms with van der Waals surface area (Å²) in [6.07, 6.45) is 3.13. The van der Waals surface area contributed by atoms with Crippen molar-refractivity contribution in [2.45, 2.75) is 11.4 Å². The molecule has 2 aromatic rings. The van der Waals surface area contributed by atoms with Gasteiger partial charge in [0.1, 0.15) is 0 Å². The largest absolute Gasteiger partial charge is 0.269 e. The number of pyridine rings is 1. The summed E-state index contributed by atoms with van der Waals surface area (Å²) in [6.45, 7) is 0.127. The Hall–Kier alpha value is -2.03.